The van der Waals surface area contributed by atoms with Crippen molar-refractivity contribution >= 4 is 5.69 Å². The molecule has 0 saturated heterocycles. The molecule has 4 nitrogen and oxygen atoms in total. The molecule has 1 atom stereocenters. The molecule has 0 bridgehead atoms. The van der Waals surface area contributed by atoms with Gasteiger partial charge in [-0.25, -0.2) is 4.98 Å². The Morgan fingerprint density at radius 3 is 2.68 bits per heavy atom. The summed E-state index contributed by atoms with van der Waals surface area (Å²) in [6.45, 7) is 2.16. The lowest BCUT2D eigenvalue weighted by Crippen LogP contribution is -2.06. The van der Waals surface area contributed by atoms with Gasteiger partial charge in [-0.05, 0) is 42.3 Å². The summed E-state index contributed by atoms with van der Waals surface area (Å²) in [5.41, 5.74) is 4.10. The van der Waals surface area contributed by atoms with Gasteiger partial charge in [0, 0.05) is 17.3 Å². The van der Waals surface area contributed by atoms with Gasteiger partial charge in [0.15, 0.2) is 12.2 Å². The van der Waals surface area contributed by atoms with Gasteiger partial charge in [0.2, 0.25) is 0 Å². The lowest BCUT2D eigenvalue weighted by atomic mass is 10.0. The first-order chi connectivity index (χ1) is 10.8. The fourth-order valence-electron chi connectivity index (χ4n) is 2.38. The molecule has 22 heavy (non-hydrogen) atoms. The lowest BCUT2D eigenvalue weighted by molar-refractivity contribution is 0.281. The maximum Gasteiger partial charge on any atom is 0.181 e. The number of nitrogens with zero attached hydrogens (tertiary/aromatic N) is 1. The van der Waals surface area contributed by atoms with Crippen molar-refractivity contribution in [3.63, 3.8) is 0 Å². The van der Waals surface area contributed by atoms with E-state index in [1.165, 1.54) is 6.39 Å². The summed E-state index contributed by atoms with van der Waals surface area (Å²) in [6.07, 6.45) is 3.13. The van der Waals surface area contributed by atoms with Gasteiger partial charge in [0.05, 0.1) is 12.8 Å². The number of nitrogens with one attached hydrogen (secondary N) is 1. The van der Waals surface area contributed by atoms with Gasteiger partial charge in [0.1, 0.15) is 0 Å². The molecule has 3 aromatic rings. The Balaban J connectivity index is 1.72. The average molecular weight is 294 g/mol. The van der Waals surface area contributed by atoms with Gasteiger partial charge in [-0.2, -0.15) is 0 Å². The minimum atomic E-state index is 0.0619. The Morgan fingerprint density at radius 1 is 1.18 bits per heavy atom. The van der Waals surface area contributed by atoms with Crippen molar-refractivity contribution in [2.75, 3.05) is 5.32 Å². The first-order valence-electron chi connectivity index (χ1n) is 7.21. The summed E-state index contributed by atoms with van der Waals surface area (Å²) in [4.78, 5) is 3.92. The van der Waals surface area contributed by atoms with E-state index < -0.39 is 0 Å². The molecule has 2 aromatic carbocycles. The third kappa shape index (κ3) is 3.18. The lowest BCUT2D eigenvalue weighted by Gasteiger charge is -2.16. The van der Waals surface area contributed by atoms with Crippen LogP contribution in [0.2, 0.25) is 0 Å². The van der Waals surface area contributed by atoms with Crippen LogP contribution < -0.4 is 5.32 Å². The minimum absolute atomic E-state index is 0.0619. The van der Waals surface area contributed by atoms with Gasteiger partial charge in [-0.1, -0.05) is 24.3 Å². The summed E-state index contributed by atoms with van der Waals surface area (Å²) >= 11 is 0. The predicted octanol–water partition coefficient (Wildman–Crippen LogP) is 4.01. The third-order valence-corrected chi connectivity index (χ3v) is 3.62. The molecule has 0 fully saturated rings. The molecule has 2 N–H and O–H groups in total. The highest BCUT2D eigenvalue weighted by Gasteiger charge is 2.07. The summed E-state index contributed by atoms with van der Waals surface area (Å²) in [5.74, 6) is 0.759. The molecule has 112 valence electrons. The molecule has 0 radical (unpaired) electrons. The van der Waals surface area contributed by atoms with E-state index >= 15 is 0 Å². The van der Waals surface area contributed by atoms with Crippen molar-refractivity contribution in [3.8, 4) is 11.3 Å². The maximum absolute atomic E-state index is 9.22. The van der Waals surface area contributed by atoms with Crippen LogP contribution in [0.1, 0.15) is 24.1 Å². The van der Waals surface area contributed by atoms with Crippen LogP contribution in [-0.2, 0) is 6.61 Å². The van der Waals surface area contributed by atoms with E-state index in [-0.39, 0.29) is 12.6 Å². The number of rotatable bonds is 5. The number of aliphatic hydroxyl groups is 1. The van der Waals surface area contributed by atoms with Crippen molar-refractivity contribution < 1.29 is 9.52 Å². The zero-order chi connectivity index (χ0) is 15.4. The molecule has 0 aliphatic heterocycles. The van der Waals surface area contributed by atoms with Crippen LogP contribution in [0, 0.1) is 0 Å². The Labute approximate surface area is 129 Å². The van der Waals surface area contributed by atoms with E-state index in [2.05, 4.69) is 23.3 Å². The van der Waals surface area contributed by atoms with Crippen molar-refractivity contribution in [2.45, 2.75) is 19.6 Å². The summed E-state index contributed by atoms with van der Waals surface area (Å²) in [6, 6.07) is 16.1. The van der Waals surface area contributed by atoms with Crippen LogP contribution in [0.5, 0.6) is 0 Å². The monoisotopic (exact) mass is 294 g/mol. The molecule has 1 aromatic heterocycles. The van der Waals surface area contributed by atoms with E-state index in [0.717, 1.165) is 28.1 Å². The topological polar surface area (TPSA) is 58.3 Å². The third-order valence-electron chi connectivity index (χ3n) is 3.62. The number of oxazole rings is 1. The average Bonchev–Trinajstić information content (AvgIpc) is 3.10. The molecule has 1 unspecified atom stereocenters. The van der Waals surface area contributed by atoms with Gasteiger partial charge >= 0.3 is 0 Å². The van der Waals surface area contributed by atoms with Crippen LogP contribution in [0.3, 0.4) is 0 Å². The molecular weight excluding hydrogens is 276 g/mol. The van der Waals surface area contributed by atoms with Crippen molar-refractivity contribution in [1.29, 1.82) is 0 Å². The number of benzene rings is 2. The van der Waals surface area contributed by atoms with Crippen molar-refractivity contribution in [3.05, 3.63) is 72.2 Å². The van der Waals surface area contributed by atoms with Crippen LogP contribution in [0.25, 0.3) is 11.3 Å². The van der Waals surface area contributed by atoms with Crippen molar-refractivity contribution in [1.82, 2.24) is 4.98 Å². The van der Waals surface area contributed by atoms with Crippen LogP contribution in [-0.4, -0.2) is 10.1 Å². The SMILES string of the molecule is CC(Nc1ccc(-c2cnco2)cc1)c1cccc(CO)c1. The summed E-state index contributed by atoms with van der Waals surface area (Å²) in [7, 11) is 0. The molecule has 0 amide bonds. The zero-order valence-electron chi connectivity index (χ0n) is 12.4. The minimum Gasteiger partial charge on any atom is -0.444 e. The Kier molecular flexibility index (Phi) is 4.21. The molecule has 3 rings (SSSR count). The highest BCUT2D eigenvalue weighted by molar-refractivity contribution is 5.60. The van der Waals surface area contributed by atoms with Gasteiger partial charge in [0.25, 0.3) is 0 Å². The number of aromatic nitrogens is 1. The fourth-order valence-corrected chi connectivity index (χ4v) is 2.38. The summed E-state index contributed by atoms with van der Waals surface area (Å²) < 4.78 is 5.28. The van der Waals surface area contributed by atoms with Crippen LogP contribution >= 0.6 is 0 Å². The van der Waals surface area contributed by atoms with E-state index in [9.17, 15) is 5.11 Å². The quantitative estimate of drug-likeness (QED) is 0.746. The van der Waals surface area contributed by atoms with Crippen LogP contribution in [0.4, 0.5) is 5.69 Å². The first kappa shape index (κ1) is 14.4. The van der Waals surface area contributed by atoms with E-state index in [0.29, 0.717) is 0 Å². The van der Waals surface area contributed by atoms with E-state index in [4.69, 9.17) is 4.42 Å². The molecule has 0 saturated carbocycles. The number of anilines is 1. The molecule has 4 heteroatoms. The van der Waals surface area contributed by atoms with Gasteiger partial charge < -0.3 is 14.8 Å². The van der Waals surface area contributed by atoms with Gasteiger partial charge in [-0.15, -0.1) is 0 Å². The smallest absolute Gasteiger partial charge is 0.181 e. The van der Waals surface area contributed by atoms with Gasteiger partial charge in [-0.3, -0.25) is 0 Å². The predicted molar refractivity (Wildman–Crippen MR) is 86.3 cm³/mol. The zero-order valence-corrected chi connectivity index (χ0v) is 12.4. The molecular formula is C18H18N2O2. The number of aliphatic hydroxyl groups excluding tert-OH is 1. The Bertz CT molecular complexity index is 721. The standard InChI is InChI=1S/C18H18N2O2/c1-13(16-4-2-3-14(9-16)11-21)20-17-7-5-15(6-8-17)18-10-19-12-22-18/h2-10,12-13,20-21H,11H2,1H3. The molecule has 0 aliphatic carbocycles. The van der Waals surface area contributed by atoms with Crippen molar-refractivity contribution in [2.24, 2.45) is 0 Å². The first-order valence-corrected chi connectivity index (χ1v) is 7.21. The Hall–Kier alpha value is -2.59. The summed E-state index contributed by atoms with van der Waals surface area (Å²) in [5, 5.41) is 12.7. The molecule has 0 aliphatic rings. The second kappa shape index (κ2) is 6.45. The molecule has 0 spiro atoms. The maximum atomic E-state index is 9.22. The largest absolute Gasteiger partial charge is 0.444 e. The fraction of sp³-hybridized carbons (Fsp3) is 0.167. The second-order valence-corrected chi connectivity index (χ2v) is 5.21. The number of hydrogen-bond donors (Lipinski definition) is 2. The van der Waals surface area contributed by atoms with E-state index in [1.54, 1.807) is 6.20 Å². The Morgan fingerprint density at radius 2 is 2.00 bits per heavy atom. The van der Waals surface area contributed by atoms with Crippen LogP contribution in [0.15, 0.2) is 65.5 Å². The normalized spacial score (nSPS) is 12.1. The highest BCUT2D eigenvalue weighted by Crippen LogP contribution is 2.24. The highest BCUT2D eigenvalue weighted by atomic mass is 16.3. The molecule has 1 heterocycles. The number of hydrogen-bond acceptors (Lipinski definition) is 4. The van der Waals surface area contributed by atoms with E-state index in [1.807, 2.05) is 42.5 Å². The second-order valence-electron chi connectivity index (χ2n) is 5.21.